The van der Waals surface area contributed by atoms with Crippen molar-refractivity contribution in [3.63, 3.8) is 0 Å². The van der Waals surface area contributed by atoms with Crippen LogP contribution in [0.25, 0.3) is 0 Å². The number of carbonyl (C=O) groups is 1. The summed E-state index contributed by atoms with van der Waals surface area (Å²) in [6, 6.07) is 0. The largest absolute Gasteiger partial charge is 0.359 e. The van der Waals surface area contributed by atoms with Gasteiger partial charge in [-0.15, -0.1) is 0 Å². The van der Waals surface area contributed by atoms with Crippen molar-refractivity contribution < 1.29 is 4.79 Å². The van der Waals surface area contributed by atoms with Gasteiger partial charge < -0.3 is 11.1 Å². The van der Waals surface area contributed by atoms with Crippen LogP contribution in [0, 0.1) is 29.6 Å². The number of carbonyl (C=O) groups excluding carboxylic acids is 1. The van der Waals surface area contributed by atoms with Crippen molar-refractivity contribution in [1.82, 2.24) is 5.32 Å². The summed E-state index contributed by atoms with van der Waals surface area (Å²) < 4.78 is 0. The average Bonchev–Trinajstić information content (AvgIpc) is 2.61. The molecule has 0 saturated heterocycles. The first-order valence-electron chi connectivity index (χ1n) is 6.44. The standard InChI is InChI=1S/C13H26N2O/c1-8-5-6-11(9(8)2)12(7-14)10(3)13(16)15-4/h8-12H,5-7,14H2,1-4H3,(H,15,16)/t8-,9-,10?,11+,12?/m1/s1. The lowest BCUT2D eigenvalue weighted by atomic mass is 9.76. The van der Waals surface area contributed by atoms with Crippen LogP contribution in [0.4, 0.5) is 0 Å². The molecular formula is C13H26N2O. The van der Waals surface area contributed by atoms with Gasteiger partial charge in [0.1, 0.15) is 0 Å². The van der Waals surface area contributed by atoms with Gasteiger partial charge in [0.15, 0.2) is 0 Å². The SMILES string of the molecule is CNC(=O)C(C)C(CN)[C@H]1CC[C@@H](C)[C@H]1C. The van der Waals surface area contributed by atoms with Crippen LogP contribution < -0.4 is 11.1 Å². The molecule has 0 aliphatic heterocycles. The van der Waals surface area contributed by atoms with Gasteiger partial charge >= 0.3 is 0 Å². The molecule has 3 heteroatoms. The zero-order chi connectivity index (χ0) is 12.3. The highest BCUT2D eigenvalue weighted by atomic mass is 16.1. The minimum absolute atomic E-state index is 0.0350. The molecule has 3 nitrogen and oxygen atoms in total. The Balaban J connectivity index is 2.71. The maximum absolute atomic E-state index is 11.7. The van der Waals surface area contributed by atoms with E-state index in [-0.39, 0.29) is 11.8 Å². The fourth-order valence-electron chi connectivity index (χ4n) is 3.18. The van der Waals surface area contributed by atoms with Crippen LogP contribution in [-0.2, 0) is 4.79 Å². The molecule has 94 valence electrons. The highest BCUT2D eigenvalue weighted by Crippen LogP contribution is 2.42. The lowest BCUT2D eigenvalue weighted by Crippen LogP contribution is -2.39. The van der Waals surface area contributed by atoms with Gasteiger partial charge in [0, 0.05) is 13.0 Å². The Hall–Kier alpha value is -0.570. The summed E-state index contributed by atoms with van der Waals surface area (Å²) in [6.45, 7) is 7.24. The van der Waals surface area contributed by atoms with Gasteiger partial charge in [-0.1, -0.05) is 27.2 Å². The van der Waals surface area contributed by atoms with Crippen molar-refractivity contribution in [1.29, 1.82) is 0 Å². The summed E-state index contributed by atoms with van der Waals surface area (Å²) in [5.74, 6) is 2.58. The Bertz CT molecular complexity index is 242. The third kappa shape index (κ3) is 2.57. The van der Waals surface area contributed by atoms with Crippen molar-refractivity contribution >= 4 is 5.91 Å². The lowest BCUT2D eigenvalue weighted by molar-refractivity contribution is -0.126. The van der Waals surface area contributed by atoms with E-state index < -0.39 is 0 Å². The van der Waals surface area contributed by atoms with Crippen LogP contribution >= 0.6 is 0 Å². The van der Waals surface area contributed by atoms with Gasteiger partial charge in [0.25, 0.3) is 0 Å². The van der Waals surface area contributed by atoms with Gasteiger partial charge in [-0.3, -0.25) is 4.79 Å². The smallest absolute Gasteiger partial charge is 0.222 e. The number of hydrogen-bond acceptors (Lipinski definition) is 2. The molecule has 5 atom stereocenters. The van der Waals surface area contributed by atoms with Gasteiger partial charge in [0.2, 0.25) is 5.91 Å². The number of amides is 1. The number of nitrogens with one attached hydrogen (secondary N) is 1. The topological polar surface area (TPSA) is 55.1 Å². The van der Waals surface area contributed by atoms with Crippen molar-refractivity contribution in [2.45, 2.75) is 33.6 Å². The van der Waals surface area contributed by atoms with Crippen molar-refractivity contribution in [2.75, 3.05) is 13.6 Å². The maximum Gasteiger partial charge on any atom is 0.222 e. The molecular weight excluding hydrogens is 200 g/mol. The monoisotopic (exact) mass is 226 g/mol. The molecule has 1 rings (SSSR count). The van der Waals surface area contributed by atoms with E-state index in [1.54, 1.807) is 7.05 Å². The van der Waals surface area contributed by atoms with Crippen LogP contribution in [0.1, 0.15) is 33.6 Å². The molecule has 1 amide bonds. The summed E-state index contributed by atoms with van der Waals surface area (Å²) in [7, 11) is 1.70. The number of rotatable bonds is 4. The van der Waals surface area contributed by atoms with Gasteiger partial charge in [-0.2, -0.15) is 0 Å². The quantitative estimate of drug-likeness (QED) is 0.765. The fraction of sp³-hybridized carbons (Fsp3) is 0.923. The molecule has 2 unspecified atom stereocenters. The third-order valence-corrected chi connectivity index (χ3v) is 4.65. The molecule has 0 aromatic carbocycles. The van der Waals surface area contributed by atoms with Gasteiger partial charge in [-0.05, 0) is 36.6 Å². The summed E-state index contributed by atoms with van der Waals surface area (Å²) in [6.07, 6.45) is 2.51. The molecule has 0 spiro atoms. The number of nitrogens with two attached hydrogens (primary N) is 1. The molecule has 0 aromatic heterocycles. The zero-order valence-corrected chi connectivity index (χ0v) is 11.0. The van der Waals surface area contributed by atoms with E-state index in [9.17, 15) is 4.79 Å². The second kappa shape index (κ2) is 5.67. The summed E-state index contributed by atoms with van der Waals surface area (Å²) in [5, 5.41) is 2.73. The summed E-state index contributed by atoms with van der Waals surface area (Å²) in [5.41, 5.74) is 5.87. The van der Waals surface area contributed by atoms with E-state index in [0.29, 0.717) is 24.3 Å². The highest BCUT2D eigenvalue weighted by Gasteiger charge is 2.38. The Morgan fingerprint density at radius 2 is 2.06 bits per heavy atom. The molecule has 1 fully saturated rings. The van der Waals surface area contributed by atoms with Crippen LogP contribution in [0.15, 0.2) is 0 Å². The molecule has 1 aliphatic rings. The van der Waals surface area contributed by atoms with Crippen LogP contribution in [0.5, 0.6) is 0 Å². The minimum Gasteiger partial charge on any atom is -0.359 e. The van der Waals surface area contributed by atoms with Crippen molar-refractivity contribution in [2.24, 2.45) is 35.3 Å². The second-order valence-electron chi connectivity index (χ2n) is 5.38. The van der Waals surface area contributed by atoms with Crippen molar-refractivity contribution in [3.05, 3.63) is 0 Å². The van der Waals surface area contributed by atoms with E-state index in [1.165, 1.54) is 12.8 Å². The second-order valence-corrected chi connectivity index (χ2v) is 5.38. The predicted octanol–water partition coefficient (Wildman–Crippen LogP) is 1.63. The molecule has 16 heavy (non-hydrogen) atoms. The van der Waals surface area contributed by atoms with Crippen LogP contribution in [0.2, 0.25) is 0 Å². The van der Waals surface area contributed by atoms with E-state index in [0.717, 1.165) is 5.92 Å². The molecule has 0 heterocycles. The first kappa shape index (κ1) is 13.5. The molecule has 3 N–H and O–H groups in total. The average molecular weight is 226 g/mol. The molecule has 1 saturated carbocycles. The Morgan fingerprint density at radius 3 is 2.44 bits per heavy atom. The fourth-order valence-corrected chi connectivity index (χ4v) is 3.18. The third-order valence-electron chi connectivity index (χ3n) is 4.65. The first-order valence-corrected chi connectivity index (χ1v) is 6.44. The minimum atomic E-state index is 0.0350. The first-order chi connectivity index (χ1) is 7.52. The lowest BCUT2D eigenvalue weighted by Gasteiger charge is -2.31. The zero-order valence-electron chi connectivity index (χ0n) is 11.0. The molecule has 0 bridgehead atoms. The molecule has 0 aromatic rings. The maximum atomic E-state index is 11.7. The Labute approximate surface area is 99.2 Å². The van der Waals surface area contributed by atoms with E-state index in [2.05, 4.69) is 19.2 Å². The number of hydrogen-bond donors (Lipinski definition) is 2. The predicted molar refractivity (Wildman–Crippen MR) is 66.8 cm³/mol. The highest BCUT2D eigenvalue weighted by molar-refractivity contribution is 5.78. The Kier molecular flexibility index (Phi) is 4.78. The van der Waals surface area contributed by atoms with E-state index in [1.807, 2.05) is 6.92 Å². The molecule has 0 radical (unpaired) electrons. The van der Waals surface area contributed by atoms with Crippen molar-refractivity contribution in [3.8, 4) is 0 Å². The summed E-state index contributed by atoms with van der Waals surface area (Å²) >= 11 is 0. The van der Waals surface area contributed by atoms with E-state index >= 15 is 0 Å². The van der Waals surface area contributed by atoms with Crippen LogP contribution in [-0.4, -0.2) is 19.5 Å². The molecule has 1 aliphatic carbocycles. The van der Waals surface area contributed by atoms with E-state index in [4.69, 9.17) is 5.73 Å². The van der Waals surface area contributed by atoms with Crippen LogP contribution in [0.3, 0.4) is 0 Å². The Morgan fingerprint density at radius 1 is 1.44 bits per heavy atom. The normalized spacial score (nSPS) is 33.4. The van der Waals surface area contributed by atoms with Gasteiger partial charge in [-0.25, -0.2) is 0 Å². The van der Waals surface area contributed by atoms with Gasteiger partial charge in [0.05, 0.1) is 0 Å². The summed E-state index contributed by atoms with van der Waals surface area (Å²) in [4.78, 5) is 11.7.